The van der Waals surface area contributed by atoms with Crippen LogP contribution in [0.15, 0.2) is 35.9 Å². The third-order valence-electron chi connectivity index (χ3n) is 11.2. The van der Waals surface area contributed by atoms with Crippen molar-refractivity contribution in [2.24, 2.45) is 28.6 Å². The van der Waals surface area contributed by atoms with Crippen molar-refractivity contribution in [3.8, 4) is 5.75 Å². The number of ketones is 2. The molecule has 4 aliphatic rings. The summed E-state index contributed by atoms with van der Waals surface area (Å²) in [7, 11) is 0. The topological polar surface area (TPSA) is 130 Å². The number of Topliss-reactive ketones (excluding diaryl/α,β-unsaturated/α-hetero) is 1. The van der Waals surface area contributed by atoms with Crippen LogP contribution >= 0.6 is 0 Å². The second-order valence-corrected chi connectivity index (χ2v) is 13.2. The molecule has 0 radical (unpaired) electrons. The first kappa shape index (κ1) is 29.5. The van der Waals surface area contributed by atoms with Gasteiger partial charge in [-0.2, -0.15) is 0 Å². The molecule has 5 rings (SSSR count). The van der Waals surface area contributed by atoms with Crippen molar-refractivity contribution in [2.75, 3.05) is 13.2 Å². The lowest BCUT2D eigenvalue weighted by atomic mass is 9.46. The number of hydrogen-bond acceptors (Lipinski definition) is 7. The lowest BCUT2D eigenvalue weighted by molar-refractivity contribution is -0.170. The first-order valence-electron chi connectivity index (χ1n) is 15.2. The molecule has 0 spiro atoms. The Morgan fingerprint density at radius 2 is 1.71 bits per heavy atom. The van der Waals surface area contributed by atoms with E-state index in [0.29, 0.717) is 37.6 Å². The summed E-state index contributed by atoms with van der Waals surface area (Å²) in [6.07, 6.45) is 8.46. The smallest absolute Gasteiger partial charge is 0.306 e. The first-order valence-corrected chi connectivity index (χ1v) is 15.2. The quantitative estimate of drug-likeness (QED) is 0.383. The number of hydrogen-bond donors (Lipinski definition) is 3. The Balaban J connectivity index is 1.11. The van der Waals surface area contributed by atoms with E-state index in [-0.39, 0.29) is 41.6 Å². The van der Waals surface area contributed by atoms with Crippen LogP contribution in [0, 0.1) is 28.6 Å². The molecule has 0 unspecified atom stereocenters. The Morgan fingerprint density at radius 3 is 2.46 bits per heavy atom. The van der Waals surface area contributed by atoms with E-state index in [2.05, 4.69) is 12.2 Å². The molecule has 1 amide bonds. The molecule has 3 fully saturated rings. The molecule has 3 N–H and O–H groups in total. The van der Waals surface area contributed by atoms with E-state index in [1.54, 1.807) is 24.3 Å². The standard InChI is InChI=1S/C33H43NO7/c1-31-15-11-24(36)19-22(31)5-8-25-26(31)12-16-32(2)27(25)13-17-33(32,40)28(37)20-41-30(39)10-9-29(38)34-18-14-21-3-6-23(35)7-4-21/h3-4,6-7,19,25-27,35,40H,5,8-18,20H2,1-2H3,(H,34,38)/t25-,26+,27+,31+,32+,33+/m1/s1. The van der Waals surface area contributed by atoms with Gasteiger partial charge in [0, 0.05) is 24.8 Å². The maximum Gasteiger partial charge on any atom is 0.306 e. The molecular weight excluding hydrogens is 522 g/mol. The summed E-state index contributed by atoms with van der Waals surface area (Å²) >= 11 is 0. The highest BCUT2D eigenvalue weighted by Gasteiger charge is 2.66. The van der Waals surface area contributed by atoms with Gasteiger partial charge in [-0.05, 0) is 98.3 Å². The molecule has 1 aromatic carbocycles. The maximum atomic E-state index is 13.4. The molecule has 3 saturated carbocycles. The highest BCUT2D eigenvalue weighted by Crippen LogP contribution is 2.67. The molecule has 222 valence electrons. The van der Waals surface area contributed by atoms with E-state index in [4.69, 9.17) is 4.74 Å². The molecule has 0 bridgehead atoms. The summed E-state index contributed by atoms with van der Waals surface area (Å²) in [6.45, 7) is 4.27. The molecule has 6 atom stereocenters. The van der Waals surface area contributed by atoms with Gasteiger partial charge < -0.3 is 20.3 Å². The zero-order valence-electron chi connectivity index (χ0n) is 24.2. The van der Waals surface area contributed by atoms with Crippen LogP contribution in [0.25, 0.3) is 0 Å². The van der Waals surface area contributed by atoms with Gasteiger partial charge in [-0.25, -0.2) is 0 Å². The number of rotatable bonds is 9. The minimum atomic E-state index is -1.53. The number of carbonyl (C=O) groups excluding carboxylic acids is 4. The number of ether oxygens (including phenoxy) is 1. The fraction of sp³-hybridized carbons (Fsp3) is 0.636. The van der Waals surface area contributed by atoms with Crippen LogP contribution in [0.3, 0.4) is 0 Å². The van der Waals surface area contributed by atoms with E-state index in [1.165, 1.54) is 5.57 Å². The molecule has 0 saturated heterocycles. The number of fused-ring (bicyclic) bond motifs is 5. The zero-order chi connectivity index (χ0) is 29.4. The van der Waals surface area contributed by atoms with Gasteiger partial charge >= 0.3 is 5.97 Å². The average Bonchev–Trinajstić information content (AvgIpc) is 3.23. The number of phenols is 1. The predicted molar refractivity (Wildman–Crippen MR) is 152 cm³/mol. The van der Waals surface area contributed by atoms with Gasteiger partial charge in [-0.15, -0.1) is 0 Å². The Kier molecular flexibility index (Phi) is 8.16. The molecular formula is C33H43NO7. The molecule has 8 nitrogen and oxygen atoms in total. The van der Waals surface area contributed by atoms with Crippen molar-refractivity contribution < 1.29 is 34.1 Å². The number of aliphatic hydroxyl groups is 1. The van der Waals surface area contributed by atoms with Gasteiger partial charge in [0.2, 0.25) is 11.7 Å². The van der Waals surface area contributed by atoms with Crippen LogP contribution in [0.4, 0.5) is 0 Å². The average molecular weight is 566 g/mol. The van der Waals surface area contributed by atoms with Gasteiger partial charge in [-0.1, -0.05) is 31.6 Å². The number of carbonyl (C=O) groups is 4. The van der Waals surface area contributed by atoms with E-state index >= 15 is 0 Å². The van der Waals surface area contributed by atoms with Crippen LogP contribution in [0.2, 0.25) is 0 Å². The highest BCUT2D eigenvalue weighted by atomic mass is 16.5. The molecule has 4 aliphatic carbocycles. The minimum absolute atomic E-state index is 0.0240. The summed E-state index contributed by atoms with van der Waals surface area (Å²) in [5, 5.41) is 23.9. The van der Waals surface area contributed by atoms with Crippen molar-refractivity contribution >= 4 is 23.4 Å². The number of allylic oxidation sites excluding steroid dienone is 1. The second-order valence-electron chi connectivity index (χ2n) is 13.2. The van der Waals surface area contributed by atoms with Crippen LogP contribution < -0.4 is 5.32 Å². The summed E-state index contributed by atoms with van der Waals surface area (Å²) in [5.41, 5.74) is 0.183. The summed E-state index contributed by atoms with van der Waals surface area (Å²) in [4.78, 5) is 50.0. The highest BCUT2D eigenvalue weighted by molar-refractivity contribution is 5.92. The van der Waals surface area contributed by atoms with E-state index in [0.717, 1.165) is 44.1 Å². The normalized spacial score (nSPS) is 34.1. The Hall–Kier alpha value is -3.00. The fourth-order valence-corrected chi connectivity index (χ4v) is 8.68. The molecule has 1 aromatic rings. The fourth-order valence-electron chi connectivity index (χ4n) is 8.68. The predicted octanol–water partition coefficient (Wildman–Crippen LogP) is 4.21. The van der Waals surface area contributed by atoms with Crippen molar-refractivity contribution in [3.63, 3.8) is 0 Å². The first-order chi connectivity index (χ1) is 19.5. The van der Waals surface area contributed by atoms with Gasteiger partial charge in [0.05, 0.1) is 6.42 Å². The van der Waals surface area contributed by atoms with Gasteiger partial charge in [-0.3, -0.25) is 19.2 Å². The Morgan fingerprint density at radius 1 is 0.976 bits per heavy atom. The maximum absolute atomic E-state index is 13.4. The summed E-state index contributed by atoms with van der Waals surface area (Å²) in [5.74, 6) is 0.131. The third kappa shape index (κ3) is 5.47. The Labute approximate surface area is 241 Å². The number of benzene rings is 1. The van der Waals surface area contributed by atoms with Crippen molar-refractivity contribution in [1.29, 1.82) is 0 Å². The number of amides is 1. The monoisotopic (exact) mass is 565 g/mol. The molecule has 0 aromatic heterocycles. The summed E-state index contributed by atoms with van der Waals surface area (Å²) < 4.78 is 5.25. The minimum Gasteiger partial charge on any atom is -0.508 e. The van der Waals surface area contributed by atoms with Crippen LogP contribution in [-0.4, -0.2) is 52.4 Å². The second kappa shape index (κ2) is 11.3. The lowest BCUT2D eigenvalue weighted by Gasteiger charge is -2.58. The summed E-state index contributed by atoms with van der Waals surface area (Å²) in [6, 6.07) is 6.74. The van der Waals surface area contributed by atoms with Crippen LogP contribution in [0.1, 0.15) is 83.6 Å². The van der Waals surface area contributed by atoms with Gasteiger partial charge in [0.1, 0.15) is 11.4 Å². The molecule has 41 heavy (non-hydrogen) atoms. The number of aromatic hydroxyl groups is 1. The van der Waals surface area contributed by atoms with Crippen molar-refractivity contribution in [3.05, 3.63) is 41.5 Å². The third-order valence-corrected chi connectivity index (χ3v) is 11.2. The van der Waals surface area contributed by atoms with Gasteiger partial charge in [0.25, 0.3) is 0 Å². The Bertz CT molecular complexity index is 1240. The number of esters is 1. The number of phenolic OH excluding ortho intramolecular Hbond substituents is 1. The van der Waals surface area contributed by atoms with E-state index in [1.807, 2.05) is 13.0 Å². The lowest BCUT2D eigenvalue weighted by Crippen LogP contribution is -2.58. The van der Waals surface area contributed by atoms with Crippen LogP contribution in [-0.2, 0) is 30.3 Å². The van der Waals surface area contributed by atoms with E-state index < -0.39 is 29.4 Å². The van der Waals surface area contributed by atoms with Crippen molar-refractivity contribution in [1.82, 2.24) is 5.32 Å². The SMILES string of the molecule is C[C@]12CCC(=O)C=C1CC[C@@H]1[C@@H]2CC[C@@]2(C)[C@H]1CC[C@]2(O)C(=O)COC(=O)CCC(=O)NCCc1ccc(O)cc1. The van der Waals surface area contributed by atoms with E-state index in [9.17, 15) is 29.4 Å². The largest absolute Gasteiger partial charge is 0.508 e. The zero-order valence-corrected chi connectivity index (χ0v) is 24.2. The molecule has 0 aliphatic heterocycles. The van der Waals surface area contributed by atoms with Crippen LogP contribution in [0.5, 0.6) is 5.75 Å². The van der Waals surface area contributed by atoms with Crippen molar-refractivity contribution in [2.45, 2.75) is 90.1 Å². The molecule has 8 heteroatoms. The number of nitrogens with one attached hydrogen (secondary N) is 1. The molecule has 0 heterocycles. The van der Waals surface area contributed by atoms with Gasteiger partial charge in [0.15, 0.2) is 12.4 Å².